The third kappa shape index (κ3) is 5.11. The van der Waals surface area contributed by atoms with Crippen LogP contribution in [0.3, 0.4) is 0 Å². The first kappa shape index (κ1) is 20.8. The van der Waals surface area contributed by atoms with E-state index in [1.165, 1.54) is 24.3 Å². The van der Waals surface area contributed by atoms with E-state index in [-0.39, 0.29) is 22.5 Å². The highest BCUT2D eigenvalue weighted by Gasteiger charge is 2.33. The van der Waals surface area contributed by atoms with Crippen molar-refractivity contribution in [1.29, 1.82) is 0 Å². The Morgan fingerprint density at radius 1 is 1.04 bits per heavy atom. The molecular weight excluding hydrogens is 416 g/mol. The quantitative estimate of drug-likeness (QED) is 0.505. The van der Waals surface area contributed by atoms with E-state index in [9.17, 15) is 22.4 Å². The number of halogens is 5. The summed E-state index contributed by atoms with van der Waals surface area (Å²) in [5, 5.41) is -0.361. The van der Waals surface area contributed by atoms with E-state index in [1.54, 1.807) is 17.0 Å². The fourth-order valence-corrected chi connectivity index (χ4v) is 3.98. The summed E-state index contributed by atoms with van der Waals surface area (Å²) >= 11 is 6.66. The molecule has 2 aromatic carbocycles. The SMILES string of the molecule is O=C(CSc1ccc(Cl)c(C(F)(F)F)c1)N1CCN(c2ccc(F)cc2)CC1. The zero-order valence-electron chi connectivity index (χ0n) is 14.7. The van der Waals surface area contributed by atoms with E-state index in [0.29, 0.717) is 31.1 Å². The second-order valence-electron chi connectivity index (χ2n) is 6.27. The molecule has 3 rings (SSSR count). The third-order valence-electron chi connectivity index (χ3n) is 4.43. The van der Waals surface area contributed by atoms with Gasteiger partial charge in [0, 0.05) is 36.8 Å². The van der Waals surface area contributed by atoms with Crippen LogP contribution in [0.2, 0.25) is 5.02 Å². The Kier molecular flexibility index (Phi) is 6.40. The molecule has 0 saturated carbocycles. The summed E-state index contributed by atoms with van der Waals surface area (Å²) in [7, 11) is 0. The van der Waals surface area contributed by atoms with Gasteiger partial charge < -0.3 is 9.80 Å². The molecule has 3 nitrogen and oxygen atoms in total. The van der Waals surface area contributed by atoms with E-state index in [2.05, 4.69) is 4.90 Å². The number of nitrogens with zero attached hydrogens (tertiary/aromatic N) is 2. The number of carbonyl (C=O) groups excluding carboxylic acids is 1. The van der Waals surface area contributed by atoms with Crippen LogP contribution in [-0.2, 0) is 11.0 Å². The van der Waals surface area contributed by atoms with Gasteiger partial charge in [-0.3, -0.25) is 4.79 Å². The Morgan fingerprint density at radius 3 is 2.29 bits per heavy atom. The van der Waals surface area contributed by atoms with Crippen molar-refractivity contribution in [1.82, 2.24) is 4.90 Å². The lowest BCUT2D eigenvalue weighted by Crippen LogP contribution is -2.49. The van der Waals surface area contributed by atoms with Gasteiger partial charge in [-0.2, -0.15) is 13.2 Å². The van der Waals surface area contributed by atoms with E-state index >= 15 is 0 Å². The van der Waals surface area contributed by atoms with Crippen molar-refractivity contribution in [2.45, 2.75) is 11.1 Å². The molecule has 2 aromatic rings. The number of benzene rings is 2. The molecule has 0 radical (unpaired) electrons. The Hall–Kier alpha value is -1.93. The van der Waals surface area contributed by atoms with Gasteiger partial charge in [-0.1, -0.05) is 11.6 Å². The highest BCUT2D eigenvalue weighted by atomic mass is 35.5. The highest BCUT2D eigenvalue weighted by Crippen LogP contribution is 2.37. The molecule has 150 valence electrons. The first-order chi connectivity index (χ1) is 13.2. The van der Waals surface area contributed by atoms with E-state index < -0.39 is 11.7 Å². The fourth-order valence-electron chi connectivity index (χ4n) is 2.91. The minimum Gasteiger partial charge on any atom is -0.368 e. The Labute approximate surface area is 169 Å². The Morgan fingerprint density at radius 2 is 1.68 bits per heavy atom. The molecule has 1 fully saturated rings. The minimum absolute atomic E-state index is 0.0511. The fraction of sp³-hybridized carbons (Fsp3) is 0.316. The lowest BCUT2D eigenvalue weighted by atomic mass is 10.2. The molecule has 1 amide bonds. The van der Waals surface area contributed by atoms with Crippen molar-refractivity contribution >= 4 is 35.0 Å². The molecule has 1 heterocycles. The van der Waals surface area contributed by atoms with Crippen LogP contribution in [0.5, 0.6) is 0 Å². The van der Waals surface area contributed by atoms with Gasteiger partial charge in [0.15, 0.2) is 0 Å². The normalized spacial score (nSPS) is 15.0. The Balaban J connectivity index is 1.53. The van der Waals surface area contributed by atoms with E-state index in [1.807, 2.05) is 0 Å². The number of carbonyl (C=O) groups is 1. The summed E-state index contributed by atoms with van der Waals surface area (Å²) in [6, 6.07) is 9.81. The van der Waals surface area contributed by atoms with E-state index in [0.717, 1.165) is 23.5 Å². The number of hydrogen-bond donors (Lipinski definition) is 0. The third-order valence-corrected chi connectivity index (χ3v) is 5.74. The Bertz CT molecular complexity index is 837. The largest absolute Gasteiger partial charge is 0.417 e. The molecule has 0 bridgehead atoms. The zero-order valence-corrected chi connectivity index (χ0v) is 16.3. The molecular formula is C19H17ClF4N2OS. The molecule has 1 aliphatic rings. The average molecular weight is 433 g/mol. The second kappa shape index (κ2) is 8.61. The summed E-state index contributed by atoms with van der Waals surface area (Å²) in [6.45, 7) is 2.23. The number of anilines is 1. The summed E-state index contributed by atoms with van der Waals surface area (Å²) < 4.78 is 51.8. The maximum Gasteiger partial charge on any atom is 0.417 e. The summed E-state index contributed by atoms with van der Waals surface area (Å²) in [5.41, 5.74) is -0.0109. The van der Waals surface area contributed by atoms with E-state index in [4.69, 9.17) is 11.6 Å². The van der Waals surface area contributed by atoms with Crippen molar-refractivity contribution in [2.75, 3.05) is 36.8 Å². The standard InChI is InChI=1S/C19H17ClF4N2OS/c20-17-6-5-15(11-16(17)19(22,23)24)28-12-18(27)26-9-7-25(8-10-26)14-3-1-13(21)2-4-14/h1-6,11H,7-10,12H2. The molecule has 0 aliphatic carbocycles. The van der Waals surface area contributed by atoms with Gasteiger partial charge in [0.2, 0.25) is 5.91 Å². The lowest BCUT2D eigenvalue weighted by molar-refractivity contribution is -0.137. The highest BCUT2D eigenvalue weighted by molar-refractivity contribution is 8.00. The summed E-state index contributed by atoms with van der Waals surface area (Å²) in [6.07, 6.45) is -4.53. The second-order valence-corrected chi connectivity index (χ2v) is 7.73. The van der Waals surface area contributed by atoms with Crippen LogP contribution >= 0.6 is 23.4 Å². The van der Waals surface area contributed by atoms with Crippen LogP contribution in [0.25, 0.3) is 0 Å². The van der Waals surface area contributed by atoms with Crippen molar-refractivity contribution in [2.24, 2.45) is 0 Å². The number of thioether (sulfide) groups is 1. The minimum atomic E-state index is -4.53. The molecule has 28 heavy (non-hydrogen) atoms. The molecule has 1 saturated heterocycles. The number of alkyl halides is 3. The van der Waals surface area contributed by atoms with Gasteiger partial charge in [-0.05, 0) is 42.5 Å². The maximum absolute atomic E-state index is 13.0. The molecule has 0 atom stereocenters. The van der Waals surface area contributed by atoms with Gasteiger partial charge >= 0.3 is 6.18 Å². The number of rotatable bonds is 4. The van der Waals surface area contributed by atoms with Crippen LogP contribution in [0.15, 0.2) is 47.4 Å². The van der Waals surface area contributed by atoms with Crippen LogP contribution in [-0.4, -0.2) is 42.7 Å². The van der Waals surface area contributed by atoms with Crippen molar-refractivity contribution in [3.8, 4) is 0 Å². The number of amides is 1. The van der Waals surface area contributed by atoms with Crippen LogP contribution in [0.4, 0.5) is 23.2 Å². The zero-order chi connectivity index (χ0) is 20.3. The van der Waals surface area contributed by atoms with Crippen LogP contribution in [0.1, 0.15) is 5.56 Å². The predicted octanol–water partition coefficient (Wildman–Crippen LogP) is 4.94. The van der Waals surface area contributed by atoms with Gasteiger partial charge in [0.1, 0.15) is 5.82 Å². The van der Waals surface area contributed by atoms with Gasteiger partial charge in [0.25, 0.3) is 0 Å². The van der Waals surface area contributed by atoms with Crippen molar-refractivity contribution < 1.29 is 22.4 Å². The smallest absolute Gasteiger partial charge is 0.368 e. The number of hydrogen-bond acceptors (Lipinski definition) is 3. The molecule has 0 N–H and O–H groups in total. The van der Waals surface area contributed by atoms with Crippen molar-refractivity contribution in [3.63, 3.8) is 0 Å². The molecule has 9 heteroatoms. The summed E-state index contributed by atoms with van der Waals surface area (Å²) in [4.78, 5) is 16.5. The topological polar surface area (TPSA) is 23.6 Å². The first-order valence-electron chi connectivity index (χ1n) is 8.52. The van der Waals surface area contributed by atoms with Crippen molar-refractivity contribution in [3.05, 3.63) is 58.9 Å². The molecule has 0 spiro atoms. The lowest BCUT2D eigenvalue weighted by Gasteiger charge is -2.36. The number of piperazine rings is 1. The monoisotopic (exact) mass is 432 g/mol. The summed E-state index contributed by atoms with van der Waals surface area (Å²) in [5.74, 6) is -0.382. The van der Waals surface area contributed by atoms with Gasteiger partial charge in [-0.25, -0.2) is 4.39 Å². The van der Waals surface area contributed by atoms with Gasteiger partial charge in [-0.15, -0.1) is 11.8 Å². The van der Waals surface area contributed by atoms with Crippen LogP contribution < -0.4 is 4.90 Å². The van der Waals surface area contributed by atoms with Crippen LogP contribution in [0, 0.1) is 5.82 Å². The maximum atomic E-state index is 13.0. The molecule has 1 aliphatic heterocycles. The predicted molar refractivity (Wildman–Crippen MR) is 102 cm³/mol. The molecule has 0 unspecified atom stereocenters. The average Bonchev–Trinajstić information content (AvgIpc) is 2.67. The molecule has 0 aromatic heterocycles. The van der Waals surface area contributed by atoms with Gasteiger partial charge in [0.05, 0.1) is 16.3 Å². The first-order valence-corrected chi connectivity index (χ1v) is 9.88.